The number of carbonyl (C=O) groups excluding carboxylic acids is 1. The Kier molecular flexibility index (Phi) is 4.06. The molecule has 2 heterocycles. The van der Waals surface area contributed by atoms with Gasteiger partial charge in [-0.15, -0.1) is 0 Å². The second kappa shape index (κ2) is 5.96. The van der Waals surface area contributed by atoms with Gasteiger partial charge in [-0.05, 0) is 44.2 Å². The van der Waals surface area contributed by atoms with Crippen LogP contribution in [0.25, 0.3) is 0 Å². The first-order valence-corrected chi connectivity index (χ1v) is 7.83. The van der Waals surface area contributed by atoms with Crippen molar-refractivity contribution in [3.8, 4) is 0 Å². The minimum absolute atomic E-state index is 0.197. The van der Waals surface area contributed by atoms with Crippen molar-refractivity contribution in [2.24, 2.45) is 5.92 Å². The molecule has 0 radical (unpaired) electrons. The van der Waals surface area contributed by atoms with Crippen molar-refractivity contribution in [1.82, 2.24) is 10.2 Å². The maximum absolute atomic E-state index is 12.5. The second-order valence-corrected chi connectivity index (χ2v) is 6.15. The van der Waals surface area contributed by atoms with Crippen LogP contribution in [0.5, 0.6) is 0 Å². The second-order valence-electron chi connectivity index (χ2n) is 6.15. The molecule has 1 aromatic rings. The fraction of sp³-hybridized carbons (Fsp3) is 0.588. The number of nitrogens with zero attached hydrogens (tertiary/aromatic N) is 1. The van der Waals surface area contributed by atoms with E-state index in [1.54, 1.807) is 0 Å². The van der Waals surface area contributed by atoms with Gasteiger partial charge in [-0.25, -0.2) is 0 Å². The quantitative estimate of drug-likeness (QED) is 0.896. The van der Waals surface area contributed by atoms with Gasteiger partial charge in [0.25, 0.3) is 0 Å². The Morgan fingerprint density at radius 2 is 1.85 bits per heavy atom. The third kappa shape index (κ3) is 2.73. The summed E-state index contributed by atoms with van der Waals surface area (Å²) < 4.78 is 0. The van der Waals surface area contributed by atoms with Crippen LogP contribution < -0.4 is 5.32 Å². The molecule has 2 saturated heterocycles. The van der Waals surface area contributed by atoms with Crippen molar-refractivity contribution in [1.29, 1.82) is 0 Å². The SMILES string of the molecule is CC1NCCC1C(=O)N1CCC(c2ccccc2)CC1. The van der Waals surface area contributed by atoms with E-state index in [-0.39, 0.29) is 5.92 Å². The van der Waals surface area contributed by atoms with E-state index in [0.29, 0.717) is 17.9 Å². The molecule has 0 bridgehead atoms. The largest absolute Gasteiger partial charge is 0.342 e. The maximum atomic E-state index is 12.5. The number of rotatable bonds is 2. The van der Waals surface area contributed by atoms with Crippen LogP contribution in [0.3, 0.4) is 0 Å². The van der Waals surface area contributed by atoms with Crippen molar-refractivity contribution in [2.75, 3.05) is 19.6 Å². The van der Waals surface area contributed by atoms with Crippen molar-refractivity contribution in [2.45, 2.75) is 38.1 Å². The molecular formula is C17H24N2O. The van der Waals surface area contributed by atoms with Crippen LogP contribution in [-0.4, -0.2) is 36.5 Å². The number of likely N-dealkylation sites (tertiary alicyclic amines) is 1. The third-order valence-electron chi connectivity index (χ3n) is 4.92. The molecule has 2 aliphatic heterocycles. The van der Waals surface area contributed by atoms with Gasteiger partial charge in [-0.1, -0.05) is 30.3 Å². The molecule has 2 unspecified atom stereocenters. The molecule has 1 N–H and O–H groups in total. The molecule has 3 rings (SSSR count). The number of amides is 1. The topological polar surface area (TPSA) is 32.3 Å². The normalized spacial score (nSPS) is 27.8. The van der Waals surface area contributed by atoms with Crippen LogP contribution in [0.15, 0.2) is 30.3 Å². The first kappa shape index (κ1) is 13.6. The molecule has 3 nitrogen and oxygen atoms in total. The van der Waals surface area contributed by atoms with E-state index >= 15 is 0 Å². The highest BCUT2D eigenvalue weighted by molar-refractivity contribution is 5.80. The van der Waals surface area contributed by atoms with E-state index in [1.165, 1.54) is 5.56 Å². The van der Waals surface area contributed by atoms with E-state index in [1.807, 2.05) is 0 Å². The first-order valence-electron chi connectivity index (χ1n) is 7.83. The van der Waals surface area contributed by atoms with E-state index < -0.39 is 0 Å². The molecule has 2 fully saturated rings. The third-order valence-corrected chi connectivity index (χ3v) is 4.92. The summed E-state index contributed by atoms with van der Waals surface area (Å²) in [5.41, 5.74) is 1.43. The number of benzene rings is 1. The average Bonchev–Trinajstić information content (AvgIpc) is 2.94. The molecule has 2 atom stereocenters. The average molecular weight is 272 g/mol. The van der Waals surface area contributed by atoms with E-state index in [2.05, 4.69) is 47.5 Å². The summed E-state index contributed by atoms with van der Waals surface area (Å²) in [7, 11) is 0. The summed E-state index contributed by atoms with van der Waals surface area (Å²) in [6.45, 7) is 4.95. The standard InChI is InChI=1S/C17H24N2O/c1-13-16(7-10-18-13)17(20)19-11-8-15(9-12-19)14-5-3-2-4-6-14/h2-6,13,15-16,18H,7-12H2,1H3. The Morgan fingerprint density at radius 1 is 1.15 bits per heavy atom. The lowest BCUT2D eigenvalue weighted by molar-refractivity contribution is -0.136. The minimum atomic E-state index is 0.197. The molecule has 0 aromatic heterocycles. The fourth-order valence-corrected chi connectivity index (χ4v) is 3.59. The summed E-state index contributed by atoms with van der Waals surface area (Å²) in [4.78, 5) is 14.6. The zero-order chi connectivity index (χ0) is 13.9. The van der Waals surface area contributed by atoms with Gasteiger partial charge in [0.15, 0.2) is 0 Å². The molecule has 1 amide bonds. The van der Waals surface area contributed by atoms with Crippen LogP contribution in [-0.2, 0) is 4.79 Å². The summed E-state index contributed by atoms with van der Waals surface area (Å²) in [5, 5.41) is 3.38. The van der Waals surface area contributed by atoms with Gasteiger partial charge in [0, 0.05) is 19.1 Å². The molecule has 2 aliphatic rings. The summed E-state index contributed by atoms with van der Waals surface area (Å²) >= 11 is 0. The van der Waals surface area contributed by atoms with Crippen LogP contribution in [0, 0.1) is 5.92 Å². The van der Waals surface area contributed by atoms with Crippen LogP contribution >= 0.6 is 0 Å². The Balaban J connectivity index is 1.57. The number of piperidine rings is 1. The van der Waals surface area contributed by atoms with Crippen molar-refractivity contribution in [3.05, 3.63) is 35.9 Å². The van der Waals surface area contributed by atoms with Crippen molar-refractivity contribution in [3.63, 3.8) is 0 Å². The zero-order valence-corrected chi connectivity index (χ0v) is 12.2. The van der Waals surface area contributed by atoms with Gasteiger partial charge >= 0.3 is 0 Å². The molecule has 0 saturated carbocycles. The highest BCUT2D eigenvalue weighted by Crippen LogP contribution is 2.29. The number of carbonyl (C=O) groups is 1. The number of hydrogen-bond acceptors (Lipinski definition) is 2. The minimum Gasteiger partial charge on any atom is -0.342 e. The Bertz CT molecular complexity index is 451. The first-order chi connectivity index (χ1) is 9.75. The van der Waals surface area contributed by atoms with Crippen LogP contribution in [0.2, 0.25) is 0 Å². The molecule has 3 heteroatoms. The van der Waals surface area contributed by atoms with Crippen molar-refractivity contribution < 1.29 is 4.79 Å². The number of hydrogen-bond donors (Lipinski definition) is 1. The summed E-state index contributed by atoms with van der Waals surface area (Å²) in [6, 6.07) is 11.1. The molecule has 20 heavy (non-hydrogen) atoms. The number of nitrogens with one attached hydrogen (secondary N) is 1. The predicted octanol–water partition coefficient (Wildman–Crippen LogP) is 2.39. The lowest BCUT2D eigenvalue weighted by Crippen LogP contribution is -2.44. The van der Waals surface area contributed by atoms with Gasteiger partial charge in [-0.3, -0.25) is 4.79 Å². The molecular weight excluding hydrogens is 248 g/mol. The molecule has 0 aliphatic carbocycles. The summed E-state index contributed by atoms with van der Waals surface area (Å²) in [5.74, 6) is 1.19. The van der Waals surface area contributed by atoms with Gasteiger partial charge in [-0.2, -0.15) is 0 Å². The van der Waals surface area contributed by atoms with Gasteiger partial charge < -0.3 is 10.2 Å². The van der Waals surface area contributed by atoms with Crippen molar-refractivity contribution >= 4 is 5.91 Å². The Morgan fingerprint density at radius 3 is 2.45 bits per heavy atom. The van der Waals surface area contributed by atoms with E-state index in [9.17, 15) is 4.79 Å². The Hall–Kier alpha value is -1.35. The van der Waals surface area contributed by atoms with Crippen LogP contribution in [0.1, 0.15) is 37.7 Å². The van der Waals surface area contributed by atoms with Gasteiger partial charge in [0.2, 0.25) is 5.91 Å². The van der Waals surface area contributed by atoms with E-state index in [4.69, 9.17) is 0 Å². The highest BCUT2D eigenvalue weighted by Gasteiger charge is 2.34. The van der Waals surface area contributed by atoms with Gasteiger partial charge in [0.1, 0.15) is 0 Å². The fourth-order valence-electron chi connectivity index (χ4n) is 3.59. The zero-order valence-electron chi connectivity index (χ0n) is 12.2. The lowest BCUT2D eigenvalue weighted by atomic mass is 9.88. The van der Waals surface area contributed by atoms with E-state index in [0.717, 1.165) is 38.9 Å². The molecule has 1 aromatic carbocycles. The Labute approximate surface area is 121 Å². The smallest absolute Gasteiger partial charge is 0.227 e. The molecule has 0 spiro atoms. The monoisotopic (exact) mass is 272 g/mol. The summed E-state index contributed by atoms with van der Waals surface area (Å²) in [6.07, 6.45) is 3.20. The van der Waals surface area contributed by atoms with Gasteiger partial charge in [0.05, 0.1) is 5.92 Å². The molecule has 108 valence electrons. The lowest BCUT2D eigenvalue weighted by Gasteiger charge is -2.34. The highest BCUT2D eigenvalue weighted by atomic mass is 16.2. The van der Waals surface area contributed by atoms with Crippen LogP contribution in [0.4, 0.5) is 0 Å². The predicted molar refractivity (Wildman–Crippen MR) is 80.6 cm³/mol. The maximum Gasteiger partial charge on any atom is 0.227 e.